The van der Waals surface area contributed by atoms with Crippen LogP contribution in [0.5, 0.6) is 11.5 Å². The molecule has 0 aliphatic rings. The van der Waals surface area contributed by atoms with Crippen molar-refractivity contribution in [2.75, 3.05) is 6.26 Å². The number of benzene rings is 2. The molecule has 0 amide bonds. The van der Waals surface area contributed by atoms with Crippen molar-refractivity contribution in [3.63, 3.8) is 0 Å². The van der Waals surface area contributed by atoms with Gasteiger partial charge in [-0.05, 0) is 68.1 Å². The summed E-state index contributed by atoms with van der Waals surface area (Å²) < 4.78 is 35.3. The molecule has 1 aromatic heterocycles. The Labute approximate surface area is 182 Å². The maximum absolute atomic E-state index is 11.4. The van der Waals surface area contributed by atoms with Gasteiger partial charge < -0.3 is 18.6 Å². The lowest BCUT2D eigenvalue weighted by Crippen LogP contribution is -2.40. The van der Waals surface area contributed by atoms with E-state index in [9.17, 15) is 18.3 Å². The normalized spacial score (nSPS) is 13.6. The molecule has 31 heavy (non-hydrogen) atoms. The number of carboxylic acid groups (broad SMARTS) is 1. The standard InChI is InChI=1S/C23H27NO6S/c1-4-23(2,22(25)26)29-19-9-7-17(8-10-19)6-5-14-24-15-13-18-16-20(11-12-21(18)24)30-31(3,27)28/h7-13,15-16H,4-6,14H2,1-3H3,(H,25,26)/t23-/m0/s1. The summed E-state index contributed by atoms with van der Waals surface area (Å²) in [7, 11) is -3.55. The number of aryl methyl sites for hydroxylation is 2. The molecule has 7 nitrogen and oxygen atoms in total. The summed E-state index contributed by atoms with van der Waals surface area (Å²) in [6, 6.07) is 14.7. The van der Waals surface area contributed by atoms with Gasteiger partial charge in [-0.1, -0.05) is 19.1 Å². The van der Waals surface area contributed by atoms with Crippen LogP contribution in [-0.4, -0.2) is 35.9 Å². The predicted octanol–water partition coefficient (Wildman–Crippen LogP) is 4.24. The lowest BCUT2D eigenvalue weighted by atomic mass is 10.0. The second-order valence-electron chi connectivity index (χ2n) is 7.76. The molecule has 8 heteroatoms. The lowest BCUT2D eigenvalue weighted by Gasteiger charge is -2.24. The first-order valence-corrected chi connectivity index (χ1v) is 11.9. The van der Waals surface area contributed by atoms with Crippen molar-refractivity contribution in [3.8, 4) is 11.5 Å². The third kappa shape index (κ3) is 5.79. The van der Waals surface area contributed by atoms with Crippen molar-refractivity contribution >= 4 is 27.0 Å². The first-order valence-electron chi connectivity index (χ1n) is 10.1. The van der Waals surface area contributed by atoms with Crippen molar-refractivity contribution in [2.45, 2.75) is 45.3 Å². The maximum atomic E-state index is 11.4. The zero-order valence-corrected chi connectivity index (χ0v) is 18.7. The number of aliphatic carboxylic acids is 1. The van der Waals surface area contributed by atoms with Crippen LogP contribution >= 0.6 is 0 Å². The molecule has 3 rings (SSSR count). The second kappa shape index (κ2) is 9.01. The van der Waals surface area contributed by atoms with Crippen LogP contribution in [0.15, 0.2) is 54.7 Å². The van der Waals surface area contributed by atoms with Crippen molar-refractivity contribution in [1.82, 2.24) is 4.57 Å². The smallest absolute Gasteiger partial charge is 0.347 e. The Morgan fingerprint density at radius 2 is 1.77 bits per heavy atom. The van der Waals surface area contributed by atoms with Gasteiger partial charge in [0.2, 0.25) is 5.60 Å². The van der Waals surface area contributed by atoms with Gasteiger partial charge in [-0.15, -0.1) is 0 Å². The molecule has 0 unspecified atom stereocenters. The number of carbonyl (C=O) groups is 1. The molecule has 0 bridgehead atoms. The zero-order chi connectivity index (χ0) is 22.6. The third-order valence-corrected chi connectivity index (χ3v) is 5.74. The van der Waals surface area contributed by atoms with Gasteiger partial charge in [-0.2, -0.15) is 8.42 Å². The monoisotopic (exact) mass is 445 g/mol. The molecular weight excluding hydrogens is 418 g/mol. The molecule has 1 atom stereocenters. The average molecular weight is 446 g/mol. The van der Waals surface area contributed by atoms with Crippen LogP contribution in [0.4, 0.5) is 0 Å². The van der Waals surface area contributed by atoms with Crippen molar-refractivity contribution < 1.29 is 27.2 Å². The van der Waals surface area contributed by atoms with Gasteiger partial charge in [0.15, 0.2) is 0 Å². The minimum Gasteiger partial charge on any atom is -0.478 e. The fourth-order valence-electron chi connectivity index (χ4n) is 3.30. The van der Waals surface area contributed by atoms with E-state index in [0.29, 0.717) is 17.9 Å². The number of aromatic nitrogens is 1. The minimum absolute atomic E-state index is 0.303. The van der Waals surface area contributed by atoms with Crippen molar-refractivity contribution in [2.24, 2.45) is 0 Å². The third-order valence-electron chi connectivity index (χ3n) is 5.25. The minimum atomic E-state index is -3.55. The highest BCUT2D eigenvalue weighted by Gasteiger charge is 2.33. The fourth-order valence-corrected chi connectivity index (χ4v) is 3.76. The topological polar surface area (TPSA) is 94.8 Å². The number of fused-ring (bicyclic) bond motifs is 1. The highest BCUT2D eigenvalue weighted by Crippen LogP contribution is 2.24. The van der Waals surface area contributed by atoms with Gasteiger partial charge in [0.25, 0.3) is 0 Å². The highest BCUT2D eigenvalue weighted by molar-refractivity contribution is 7.86. The highest BCUT2D eigenvalue weighted by atomic mass is 32.2. The Bertz CT molecular complexity index is 1170. The average Bonchev–Trinajstić information content (AvgIpc) is 3.10. The van der Waals surface area contributed by atoms with Gasteiger partial charge in [0, 0.05) is 23.6 Å². The van der Waals surface area contributed by atoms with Crippen LogP contribution in [0.2, 0.25) is 0 Å². The summed E-state index contributed by atoms with van der Waals surface area (Å²) >= 11 is 0. The summed E-state index contributed by atoms with van der Waals surface area (Å²) in [5.41, 5.74) is 0.918. The van der Waals surface area contributed by atoms with Crippen LogP contribution in [0.1, 0.15) is 32.3 Å². The molecule has 2 aromatic carbocycles. The molecule has 0 saturated heterocycles. The van der Waals surface area contributed by atoms with E-state index in [1.165, 1.54) is 0 Å². The Morgan fingerprint density at radius 1 is 1.10 bits per heavy atom. The Hall–Kier alpha value is -3.00. The molecule has 1 heterocycles. The number of ether oxygens (including phenoxy) is 1. The molecule has 0 radical (unpaired) electrons. The number of nitrogens with zero attached hydrogens (tertiary/aromatic N) is 1. The van der Waals surface area contributed by atoms with Crippen LogP contribution in [-0.2, 0) is 27.9 Å². The van der Waals surface area contributed by atoms with Crippen LogP contribution < -0.4 is 8.92 Å². The lowest BCUT2D eigenvalue weighted by molar-refractivity contribution is -0.154. The van der Waals surface area contributed by atoms with E-state index in [-0.39, 0.29) is 0 Å². The summed E-state index contributed by atoms with van der Waals surface area (Å²) in [5, 5.41) is 10.3. The Morgan fingerprint density at radius 3 is 2.39 bits per heavy atom. The van der Waals surface area contributed by atoms with E-state index in [1.54, 1.807) is 38.1 Å². The molecule has 0 spiro atoms. The van der Waals surface area contributed by atoms with E-state index in [0.717, 1.165) is 42.1 Å². The van der Waals surface area contributed by atoms with E-state index >= 15 is 0 Å². The number of hydrogen-bond donors (Lipinski definition) is 1. The van der Waals surface area contributed by atoms with Crippen LogP contribution in [0, 0.1) is 0 Å². The van der Waals surface area contributed by atoms with Gasteiger partial charge >= 0.3 is 16.1 Å². The molecule has 166 valence electrons. The van der Waals surface area contributed by atoms with E-state index in [2.05, 4.69) is 4.57 Å². The first-order chi connectivity index (χ1) is 14.6. The number of carboxylic acids is 1. The van der Waals surface area contributed by atoms with Gasteiger partial charge in [-0.3, -0.25) is 0 Å². The Kier molecular flexibility index (Phi) is 6.59. The molecular formula is C23H27NO6S. The van der Waals surface area contributed by atoms with E-state index in [1.807, 2.05) is 30.5 Å². The summed E-state index contributed by atoms with van der Waals surface area (Å²) in [5.74, 6) is -0.135. The van der Waals surface area contributed by atoms with Gasteiger partial charge in [-0.25, -0.2) is 4.79 Å². The summed E-state index contributed by atoms with van der Waals surface area (Å²) in [6.07, 6.45) is 5.14. The fraction of sp³-hybridized carbons (Fsp3) is 0.348. The molecule has 3 aromatic rings. The summed E-state index contributed by atoms with van der Waals surface area (Å²) in [4.78, 5) is 11.4. The largest absolute Gasteiger partial charge is 0.478 e. The molecule has 0 aliphatic carbocycles. The van der Waals surface area contributed by atoms with Crippen LogP contribution in [0.3, 0.4) is 0 Å². The molecule has 0 aliphatic heterocycles. The molecule has 0 fully saturated rings. The van der Waals surface area contributed by atoms with Crippen molar-refractivity contribution in [1.29, 1.82) is 0 Å². The Balaban J connectivity index is 1.59. The van der Waals surface area contributed by atoms with Crippen molar-refractivity contribution in [3.05, 3.63) is 60.3 Å². The van der Waals surface area contributed by atoms with Gasteiger partial charge in [0.1, 0.15) is 11.5 Å². The SMILES string of the molecule is CC[C@](C)(Oc1ccc(CCCn2ccc3cc(OS(C)(=O)=O)ccc32)cc1)C(=O)O. The molecule has 0 saturated carbocycles. The quantitative estimate of drug-likeness (QED) is 0.469. The zero-order valence-electron chi connectivity index (χ0n) is 17.9. The second-order valence-corrected chi connectivity index (χ2v) is 9.33. The van der Waals surface area contributed by atoms with E-state index < -0.39 is 21.7 Å². The first kappa shape index (κ1) is 22.7. The predicted molar refractivity (Wildman–Crippen MR) is 119 cm³/mol. The van der Waals surface area contributed by atoms with E-state index in [4.69, 9.17) is 8.92 Å². The number of hydrogen-bond acceptors (Lipinski definition) is 5. The van der Waals surface area contributed by atoms with Crippen LogP contribution in [0.25, 0.3) is 10.9 Å². The maximum Gasteiger partial charge on any atom is 0.347 e. The van der Waals surface area contributed by atoms with Gasteiger partial charge in [0.05, 0.1) is 6.26 Å². The number of rotatable bonds is 10. The molecule has 1 N–H and O–H groups in total. The summed E-state index contributed by atoms with van der Waals surface area (Å²) in [6.45, 7) is 4.16.